The molecule has 0 amide bonds. The second kappa shape index (κ2) is 4.28. The summed E-state index contributed by atoms with van der Waals surface area (Å²) in [6.07, 6.45) is 0.852. The maximum absolute atomic E-state index is 10.4. The van der Waals surface area contributed by atoms with Gasteiger partial charge in [0.15, 0.2) is 0 Å². The van der Waals surface area contributed by atoms with E-state index in [4.69, 9.17) is 16.7 Å². The SMILES string of the molecule is CCCn1nc(CC(=O)O)cc1Cl. The molecular formula is C8H11ClN2O2. The van der Waals surface area contributed by atoms with Gasteiger partial charge < -0.3 is 5.11 Å². The number of rotatable bonds is 4. The molecule has 13 heavy (non-hydrogen) atoms. The molecule has 0 spiro atoms. The molecule has 0 unspecified atom stereocenters. The van der Waals surface area contributed by atoms with Crippen LogP contribution in [0.3, 0.4) is 0 Å². The third-order valence-corrected chi connectivity index (χ3v) is 1.85. The zero-order chi connectivity index (χ0) is 9.84. The number of nitrogens with zero attached hydrogens (tertiary/aromatic N) is 2. The quantitative estimate of drug-likeness (QED) is 0.807. The van der Waals surface area contributed by atoms with Crippen LogP contribution in [-0.4, -0.2) is 20.9 Å². The van der Waals surface area contributed by atoms with Crippen LogP contribution in [0.2, 0.25) is 5.15 Å². The first-order valence-electron chi connectivity index (χ1n) is 4.07. The number of carboxylic acid groups (broad SMARTS) is 1. The number of aryl methyl sites for hydroxylation is 1. The highest BCUT2D eigenvalue weighted by Gasteiger charge is 2.07. The Morgan fingerprint density at radius 2 is 2.46 bits per heavy atom. The van der Waals surface area contributed by atoms with Crippen molar-refractivity contribution < 1.29 is 9.90 Å². The van der Waals surface area contributed by atoms with Crippen molar-refractivity contribution in [2.75, 3.05) is 0 Å². The maximum atomic E-state index is 10.4. The first-order chi connectivity index (χ1) is 6.13. The standard InChI is InChI=1S/C8H11ClN2O2/c1-2-3-11-7(9)4-6(10-11)5-8(12)13/h4H,2-3,5H2,1H3,(H,12,13). The van der Waals surface area contributed by atoms with Gasteiger partial charge in [-0.2, -0.15) is 5.10 Å². The van der Waals surface area contributed by atoms with E-state index in [1.807, 2.05) is 6.92 Å². The smallest absolute Gasteiger partial charge is 0.309 e. The molecule has 1 aromatic heterocycles. The summed E-state index contributed by atoms with van der Waals surface area (Å²) in [5, 5.41) is 13.0. The van der Waals surface area contributed by atoms with E-state index < -0.39 is 5.97 Å². The van der Waals surface area contributed by atoms with Crippen LogP contribution in [0.4, 0.5) is 0 Å². The van der Waals surface area contributed by atoms with E-state index in [9.17, 15) is 4.79 Å². The largest absolute Gasteiger partial charge is 0.481 e. The summed E-state index contributed by atoms with van der Waals surface area (Å²) >= 11 is 5.81. The minimum Gasteiger partial charge on any atom is -0.481 e. The molecule has 0 aliphatic heterocycles. The number of aliphatic carboxylic acids is 1. The number of aromatic nitrogens is 2. The number of hydrogen-bond donors (Lipinski definition) is 1. The molecule has 0 aliphatic rings. The van der Waals surface area contributed by atoms with Gasteiger partial charge in [-0.15, -0.1) is 0 Å². The molecule has 1 heterocycles. The van der Waals surface area contributed by atoms with Crippen molar-refractivity contribution in [2.24, 2.45) is 0 Å². The summed E-state index contributed by atoms with van der Waals surface area (Å²) in [6.45, 7) is 2.73. The fourth-order valence-corrected chi connectivity index (χ4v) is 1.30. The van der Waals surface area contributed by atoms with E-state index in [1.165, 1.54) is 0 Å². The van der Waals surface area contributed by atoms with Crippen LogP contribution in [0, 0.1) is 0 Å². The van der Waals surface area contributed by atoms with Crippen molar-refractivity contribution in [1.29, 1.82) is 0 Å². The summed E-state index contributed by atoms with van der Waals surface area (Å²) in [6, 6.07) is 1.59. The molecule has 0 radical (unpaired) electrons. The molecule has 1 N–H and O–H groups in total. The van der Waals surface area contributed by atoms with E-state index in [1.54, 1.807) is 10.7 Å². The average molecular weight is 203 g/mol. The van der Waals surface area contributed by atoms with Crippen LogP contribution in [0.1, 0.15) is 19.0 Å². The van der Waals surface area contributed by atoms with Crippen molar-refractivity contribution in [3.63, 3.8) is 0 Å². The summed E-state index contributed by atoms with van der Waals surface area (Å²) < 4.78 is 1.61. The van der Waals surface area contributed by atoms with Gasteiger partial charge in [0.05, 0.1) is 12.1 Å². The zero-order valence-electron chi connectivity index (χ0n) is 7.33. The van der Waals surface area contributed by atoms with E-state index in [-0.39, 0.29) is 6.42 Å². The monoisotopic (exact) mass is 202 g/mol. The minimum atomic E-state index is -0.891. The normalized spacial score (nSPS) is 10.3. The molecule has 0 aromatic carbocycles. The molecule has 0 saturated carbocycles. The number of carboxylic acids is 1. The molecular weight excluding hydrogens is 192 g/mol. The van der Waals surface area contributed by atoms with Crippen LogP contribution in [0.5, 0.6) is 0 Å². The maximum Gasteiger partial charge on any atom is 0.309 e. The van der Waals surface area contributed by atoms with Crippen LogP contribution in [0.15, 0.2) is 6.07 Å². The molecule has 1 aromatic rings. The zero-order valence-corrected chi connectivity index (χ0v) is 8.08. The first-order valence-corrected chi connectivity index (χ1v) is 4.45. The van der Waals surface area contributed by atoms with Crippen molar-refractivity contribution in [3.05, 3.63) is 16.9 Å². The highest BCUT2D eigenvalue weighted by atomic mass is 35.5. The Morgan fingerprint density at radius 1 is 1.77 bits per heavy atom. The second-order valence-electron chi connectivity index (χ2n) is 2.75. The molecule has 0 fully saturated rings. The third-order valence-electron chi connectivity index (χ3n) is 1.55. The lowest BCUT2D eigenvalue weighted by Gasteiger charge is -1.97. The summed E-state index contributed by atoms with van der Waals surface area (Å²) in [7, 11) is 0. The Morgan fingerprint density at radius 3 is 3.00 bits per heavy atom. The van der Waals surface area contributed by atoms with Crippen molar-refractivity contribution in [2.45, 2.75) is 26.3 Å². The fraction of sp³-hybridized carbons (Fsp3) is 0.500. The van der Waals surface area contributed by atoms with Gasteiger partial charge in [0.2, 0.25) is 0 Å². The molecule has 0 bridgehead atoms. The van der Waals surface area contributed by atoms with Gasteiger partial charge in [0.1, 0.15) is 5.15 Å². The predicted octanol–water partition coefficient (Wildman–Crippen LogP) is 1.57. The second-order valence-corrected chi connectivity index (χ2v) is 3.14. The van der Waals surface area contributed by atoms with Crippen molar-refractivity contribution in [1.82, 2.24) is 9.78 Å². The number of hydrogen-bond acceptors (Lipinski definition) is 2. The molecule has 4 nitrogen and oxygen atoms in total. The predicted molar refractivity (Wildman–Crippen MR) is 48.9 cm³/mol. The summed E-state index contributed by atoms with van der Waals surface area (Å²) in [5.74, 6) is -0.891. The van der Waals surface area contributed by atoms with Gasteiger partial charge >= 0.3 is 5.97 Å². The minimum absolute atomic E-state index is 0.0730. The van der Waals surface area contributed by atoms with Crippen LogP contribution >= 0.6 is 11.6 Å². The lowest BCUT2D eigenvalue weighted by Crippen LogP contribution is -2.03. The lowest BCUT2D eigenvalue weighted by atomic mass is 10.3. The Bertz CT molecular complexity index is 309. The average Bonchev–Trinajstić information content (AvgIpc) is 2.31. The number of carbonyl (C=O) groups is 1. The highest BCUT2D eigenvalue weighted by Crippen LogP contribution is 2.11. The van der Waals surface area contributed by atoms with E-state index in [0.29, 0.717) is 10.8 Å². The van der Waals surface area contributed by atoms with Crippen molar-refractivity contribution >= 4 is 17.6 Å². The van der Waals surface area contributed by atoms with Crippen LogP contribution < -0.4 is 0 Å². The molecule has 0 atom stereocenters. The summed E-state index contributed by atoms with van der Waals surface area (Å²) in [4.78, 5) is 10.4. The lowest BCUT2D eigenvalue weighted by molar-refractivity contribution is -0.136. The molecule has 72 valence electrons. The Balaban J connectivity index is 2.76. The van der Waals surface area contributed by atoms with E-state index in [2.05, 4.69) is 5.10 Å². The Hall–Kier alpha value is -1.03. The summed E-state index contributed by atoms with van der Waals surface area (Å²) in [5.41, 5.74) is 0.506. The van der Waals surface area contributed by atoms with Gasteiger partial charge in [-0.1, -0.05) is 18.5 Å². The fourth-order valence-electron chi connectivity index (χ4n) is 1.05. The van der Waals surface area contributed by atoms with Crippen LogP contribution in [0.25, 0.3) is 0 Å². The Labute approximate surface area is 81.1 Å². The molecule has 0 saturated heterocycles. The van der Waals surface area contributed by atoms with Gasteiger partial charge in [0, 0.05) is 6.54 Å². The van der Waals surface area contributed by atoms with Gasteiger partial charge in [-0.25, -0.2) is 0 Å². The Kier molecular flexibility index (Phi) is 3.31. The molecule has 1 rings (SSSR count). The highest BCUT2D eigenvalue weighted by molar-refractivity contribution is 6.29. The first kappa shape index (κ1) is 10.1. The third kappa shape index (κ3) is 2.73. The van der Waals surface area contributed by atoms with Crippen LogP contribution in [-0.2, 0) is 17.8 Å². The van der Waals surface area contributed by atoms with E-state index in [0.717, 1.165) is 13.0 Å². The van der Waals surface area contributed by atoms with Gasteiger partial charge in [0.25, 0.3) is 0 Å². The van der Waals surface area contributed by atoms with E-state index >= 15 is 0 Å². The topological polar surface area (TPSA) is 55.1 Å². The van der Waals surface area contributed by atoms with Crippen molar-refractivity contribution in [3.8, 4) is 0 Å². The van der Waals surface area contributed by atoms with Gasteiger partial charge in [-0.3, -0.25) is 9.48 Å². The van der Waals surface area contributed by atoms with Gasteiger partial charge in [-0.05, 0) is 12.5 Å². The molecule has 5 heteroatoms. The molecule has 0 aliphatic carbocycles. The number of halogens is 1.